The van der Waals surface area contributed by atoms with Crippen LogP contribution in [0.1, 0.15) is 24.0 Å². The van der Waals surface area contributed by atoms with E-state index in [0.29, 0.717) is 0 Å². The van der Waals surface area contributed by atoms with E-state index in [1.807, 2.05) is 6.07 Å². The summed E-state index contributed by atoms with van der Waals surface area (Å²) >= 11 is 3.65. The summed E-state index contributed by atoms with van der Waals surface area (Å²) in [5.41, 5.74) is 3.53. The van der Waals surface area contributed by atoms with Crippen molar-refractivity contribution in [1.82, 2.24) is 14.7 Å². The Bertz CT molecular complexity index is 953. The largest absolute Gasteiger partial charge is 0.456 e. The van der Waals surface area contributed by atoms with Crippen molar-refractivity contribution in [2.75, 3.05) is 14.1 Å². The van der Waals surface area contributed by atoms with Gasteiger partial charge in [0.05, 0.1) is 16.5 Å². The Hall–Kier alpha value is -1.85. The van der Waals surface area contributed by atoms with Crippen molar-refractivity contribution in [2.24, 2.45) is 0 Å². The number of para-hydroxylation sites is 1. The second-order valence-corrected chi connectivity index (χ2v) is 8.46. The van der Waals surface area contributed by atoms with Gasteiger partial charge in [0, 0.05) is 17.1 Å². The number of halogens is 1. The molecule has 0 aliphatic heterocycles. The zero-order valence-electron chi connectivity index (χ0n) is 15.7. The summed E-state index contributed by atoms with van der Waals surface area (Å²) in [5.74, 6) is 1.74. The van der Waals surface area contributed by atoms with Crippen LogP contribution in [0.25, 0.3) is 10.9 Å². The molecule has 4 nitrogen and oxygen atoms in total. The van der Waals surface area contributed by atoms with E-state index in [9.17, 15) is 0 Å². The zero-order valence-corrected chi connectivity index (χ0v) is 17.3. The first-order valence-electron chi connectivity index (χ1n) is 8.96. The Kier molecular flexibility index (Phi) is 4.32. The Morgan fingerprint density at radius 2 is 1.88 bits per heavy atom. The van der Waals surface area contributed by atoms with E-state index < -0.39 is 0 Å². The fourth-order valence-electron chi connectivity index (χ4n) is 3.50. The van der Waals surface area contributed by atoms with E-state index in [1.54, 1.807) is 0 Å². The molecule has 5 heteroatoms. The number of rotatable bonds is 5. The van der Waals surface area contributed by atoms with Gasteiger partial charge in [0.2, 0.25) is 0 Å². The van der Waals surface area contributed by atoms with Gasteiger partial charge >= 0.3 is 0 Å². The van der Waals surface area contributed by atoms with Crippen molar-refractivity contribution in [1.29, 1.82) is 0 Å². The number of hydrogen-bond acceptors (Lipinski definition) is 3. The van der Waals surface area contributed by atoms with Crippen LogP contribution < -0.4 is 4.74 Å². The van der Waals surface area contributed by atoms with Gasteiger partial charge in [0.25, 0.3) is 0 Å². The van der Waals surface area contributed by atoms with E-state index in [4.69, 9.17) is 9.84 Å². The molecule has 0 saturated heterocycles. The van der Waals surface area contributed by atoms with Crippen molar-refractivity contribution in [3.63, 3.8) is 0 Å². The Morgan fingerprint density at radius 1 is 1.19 bits per heavy atom. The number of aromatic nitrogens is 2. The van der Waals surface area contributed by atoms with Crippen LogP contribution in [0.3, 0.4) is 0 Å². The van der Waals surface area contributed by atoms with Crippen LogP contribution in [0.15, 0.2) is 41.0 Å². The van der Waals surface area contributed by atoms with Crippen LogP contribution in [0.4, 0.5) is 0 Å². The van der Waals surface area contributed by atoms with Crippen molar-refractivity contribution in [3.05, 3.63) is 52.1 Å². The number of ether oxygens (including phenoxy) is 1. The van der Waals surface area contributed by atoms with Crippen LogP contribution in [-0.4, -0.2) is 34.3 Å². The van der Waals surface area contributed by atoms with Gasteiger partial charge in [-0.1, -0.05) is 18.2 Å². The second-order valence-electron chi connectivity index (χ2n) is 7.61. The normalized spacial score (nSPS) is 15.6. The number of benzene rings is 2. The number of aryl methyl sites for hydroxylation is 2. The van der Waals surface area contributed by atoms with Gasteiger partial charge in [-0.05, 0) is 80.0 Å². The van der Waals surface area contributed by atoms with E-state index in [-0.39, 0.29) is 5.54 Å². The van der Waals surface area contributed by atoms with E-state index in [2.05, 4.69) is 83.9 Å². The molecule has 136 valence electrons. The lowest BCUT2D eigenvalue weighted by Crippen LogP contribution is -2.34. The molecule has 1 aromatic heterocycles. The minimum atomic E-state index is 0.275. The fourth-order valence-corrected chi connectivity index (χ4v) is 3.91. The first kappa shape index (κ1) is 17.6. The van der Waals surface area contributed by atoms with Crippen molar-refractivity contribution >= 4 is 26.8 Å². The van der Waals surface area contributed by atoms with E-state index in [0.717, 1.165) is 44.5 Å². The van der Waals surface area contributed by atoms with Crippen molar-refractivity contribution in [3.8, 4) is 11.5 Å². The average Bonchev–Trinajstić information content (AvgIpc) is 3.26. The van der Waals surface area contributed by atoms with Gasteiger partial charge in [-0.25, -0.2) is 0 Å². The molecular formula is C21H24BrN3O. The number of likely N-dealkylation sites (N-methyl/N-ethyl adjacent to an activating group) is 1. The summed E-state index contributed by atoms with van der Waals surface area (Å²) in [5, 5.41) is 5.87. The Balaban J connectivity index is 1.66. The molecule has 3 aromatic rings. The van der Waals surface area contributed by atoms with Gasteiger partial charge in [-0.3, -0.25) is 4.68 Å². The van der Waals surface area contributed by atoms with Gasteiger partial charge in [0.15, 0.2) is 0 Å². The molecule has 1 saturated carbocycles. The third-order valence-electron chi connectivity index (χ3n) is 5.46. The van der Waals surface area contributed by atoms with Gasteiger partial charge in [-0.15, -0.1) is 0 Å². The zero-order chi connectivity index (χ0) is 18.5. The van der Waals surface area contributed by atoms with E-state index in [1.165, 1.54) is 12.8 Å². The third kappa shape index (κ3) is 3.14. The maximum absolute atomic E-state index is 6.25. The minimum absolute atomic E-state index is 0.275. The molecular weight excluding hydrogens is 390 g/mol. The predicted octanol–water partition coefficient (Wildman–Crippen LogP) is 5.30. The monoisotopic (exact) mass is 413 g/mol. The first-order valence-corrected chi connectivity index (χ1v) is 9.75. The van der Waals surface area contributed by atoms with Crippen LogP contribution >= 0.6 is 15.9 Å². The lowest BCUT2D eigenvalue weighted by Gasteiger charge is -2.23. The summed E-state index contributed by atoms with van der Waals surface area (Å²) in [6, 6.07) is 10.3. The maximum Gasteiger partial charge on any atom is 0.142 e. The topological polar surface area (TPSA) is 30.3 Å². The molecule has 0 N–H and O–H groups in total. The second kappa shape index (κ2) is 6.39. The van der Waals surface area contributed by atoms with Crippen LogP contribution in [0, 0.1) is 13.8 Å². The standard InChI is InChI=1S/C21H24BrN3O/c1-14-6-5-7-15(2)20(14)26-19-10-16-12-25(23-18(16)11-17(19)22)13-21(8-9-21)24(3)4/h5-7,10-12H,8-9,13H2,1-4H3. The minimum Gasteiger partial charge on any atom is -0.456 e. The van der Waals surface area contributed by atoms with Gasteiger partial charge < -0.3 is 9.64 Å². The van der Waals surface area contributed by atoms with Gasteiger partial charge in [0.1, 0.15) is 11.5 Å². The van der Waals surface area contributed by atoms with Crippen LogP contribution in [-0.2, 0) is 6.54 Å². The summed E-state index contributed by atoms with van der Waals surface area (Å²) in [6.45, 7) is 5.08. The molecule has 0 amide bonds. The highest BCUT2D eigenvalue weighted by Crippen LogP contribution is 2.42. The molecule has 0 radical (unpaired) electrons. The predicted molar refractivity (Wildman–Crippen MR) is 109 cm³/mol. The Labute approximate surface area is 162 Å². The molecule has 0 unspecified atom stereocenters. The molecule has 26 heavy (non-hydrogen) atoms. The van der Waals surface area contributed by atoms with Crippen molar-refractivity contribution < 1.29 is 4.74 Å². The molecule has 0 atom stereocenters. The summed E-state index contributed by atoms with van der Waals surface area (Å²) in [7, 11) is 4.31. The molecule has 1 aliphatic rings. The van der Waals surface area contributed by atoms with Crippen LogP contribution in [0.5, 0.6) is 11.5 Å². The summed E-state index contributed by atoms with van der Waals surface area (Å²) in [6.07, 6.45) is 4.60. The summed E-state index contributed by atoms with van der Waals surface area (Å²) < 4.78 is 9.25. The SMILES string of the molecule is Cc1cccc(C)c1Oc1cc2cn(CC3(N(C)C)CC3)nc2cc1Br. The Morgan fingerprint density at radius 3 is 2.50 bits per heavy atom. The van der Waals surface area contributed by atoms with Gasteiger partial charge in [-0.2, -0.15) is 5.10 Å². The quantitative estimate of drug-likeness (QED) is 0.568. The molecule has 1 aliphatic carbocycles. The lowest BCUT2D eigenvalue weighted by atomic mass is 10.1. The maximum atomic E-state index is 6.25. The number of fused-ring (bicyclic) bond motifs is 1. The third-order valence-corrected chi connectivity index (χ3v) is 6.08. The van der Waals surface area contributed by atoms with Crippen molar-refractivity contribution in [2.45, 2.75) is 38.8 Å². The average molecular weight is 414 g/mol. The molecule has 2 aromatic carbocycles. The molecule has 0 spiro atoms. The highest BCUT2D eigenvalue weighted by Gasteiger charge is 2.45. The van der Waals surface area contributed by atoms with E-state index >= 15 is 0 Å². The van der Waals surface area contributed by atoms with Crippen LogP contribution in [0.2, 0.25) is 0 Å². The molecule has 1 heterocycles. The lowest BCUT2D eigenvalue weighted by molar-refractivity contribution is 0.235. The smallest absolute Gasteiger partial charge is 0.142 e. The molecule has 1 fully saturated rings. The highest BCUT2D eigenvalue weighted by molar-refractivity contribution is 9.10. The number of nitrogens with zero attached hydrogens (tertiary/aromatic N) is 3. The summed E-state index contributed by atoms with van der Waals surface area (Å²) in [4.78, 5) is 2.32. The molecule has 0 bridgehead atoms. The fraction of sp³-hybridized carbons (Fsp3) is 0.381. The highest BCUT2D eigenvalue weighted by atomic mass is 79.9. The number of hydrogen-bond donors (Lipinski definition) is 0. The first-order chi connectivity index (χ1) is 12.4. The molecule has 4 rings (SSSR count).